The highest BCUT2D eigenvalue weighted by Gasteiger charge is 2.43. The van der Waals surface area contributed by atoms with E-state index in [9.17, 15) is 22.8 Å². The Morgan fingerprint density at radius 2 is 1.83 bits per heavy atom. The number of dihydropyridines is 1. The number of carbonyl (C=O) groups excluding carboxylic acids is 2. The Bertz CT molecular complexity index is 1260. The molecule has 4 rings (SSSR count). The van der Waals surface area contributed by atoms with Gasteiger partial charge in [0.2, 0.25) is 0 Å². The SMILES string of the molecule is COc1cccc([C@H]2C(C(=O)Nc3ccccc3C(F)(F)F)=C(C)NC3=C2C(=O)CC(C)(C)C3)c1. The molecule has 1 aliphatic heterocycles. The first-order chi connectivity index (χ1) is 16.4. The average molecular weight is 485 g/mol. The molecule has 0 saturated carbocycles. The Morgan fingerprint density at radius 1 is 1.11 bits per heavy atom. The summed E-state index contributed by atoms with van der Waals surface area (Å²) < 4.78 is 46.0. The molecule has 0 unspecified atom stereocenters. The summed E-state index contributed by atoms with van der Waals surface area (Å²) in [5.74, 6) is -0.997. The quantitative estimate of drug-likeness (QED) is 0.562. The fourth-order valence-electron chi connectivity index (χ4n) is 4.92. The summed E-state index contributed by atoms with van der Waals surface area (Å²) in [5.41, 5.74) is 1.01. The number of methoxy groups -OCH3 is 1. The maximum Gasteiger partial charge on any atom is 0.418 e. The van der Waals surface area contributed by atoms with Gasteiger partial charge in [0, 0.05) is 34.9 Å². The van der Waals surface area contributed by atoms with E-state index in [4.69, 9.17) is 4.74 Å². The molecule has 2 aromatic rings. The second kappa shape index (κ2) is 8.91. The van der Waals surface area contributed by atoms with Crippen LogP contribution in [-0.4, -0.2) is 18.8 Å². The summed E-state index contributed by atoms with van der Waals surface area (Å²) in [5, 5.41) is 5.67. The van der Waals surface area contributed by atoms with Crippen molar-refractivity contribution in [3.8, 4) is 5.75 Å². The lowest BCUT2D eigenvalue weighted by atomic mass is 9.68. The zero-order chi connectivity index (χ0) is 25.5. The minimum atomic E-state index is -4.63. The minimum Gasteiger partial charge on any atom is -0.497 e. The maximum absolute atomic E-state index is 13.6. The van der Waals surface area contributed by atoms with Crippen LogP contribution in [0.4, 0.5) is 18.9 Å². The Balaban J connectivity index is 1.83. The van der Waals surface area contributed by atoms with Gasteiger partial charge >= 0.3 is 6.18 Å². The van der Waals surface area contributed by atoms with E-state index in [-0.39, 0.29) is 22.5 Å². The first kappa shape index (κ1) is 24.6. The molecule has 0 spiro atoms. The number of rotatable bonds is 4. The first-order valence-electron chi connectivity index (χ1n) is 11.3. The van der Waals surface area contributed by atoms with Crippen molar-refractivity contribution < 1.29 is 27.5 Å². The molecule has 2 aliphatic rings. The van der Waals surface area contributed by atoms with Crippen LogP contribution in [0.25, 0.3) is 0 Å². The monoisotopic (exact) mass is 484 g/mol. The van der Waals surface area contributed by atoms with Crippen LogP contribution < -0.4 is 15.4 Å². The second-order valence-electron chi connectivity index (χ2n) is 9.70. The van der Waals surface area contributed by atoms with Crippen LogP contribution in [0.1, 0.15) is 50.7 Å². The molecule has 1 amide bonds. The summed E-state index contributed by atoms with van der Waals surface area (Å²) in [6, 6.07) is 11.9. The van der Waals surface area contributed by atoms with Crippen LogP contribution in [0.2, 0.25) is 0 Å². The number of halogens is 3. The Labute approximate surface area is 202 Å². The van der Waals surface area contributed by atoms with Crippen molar-refractivity contribution in [2.24, 2.45) is 5.41 Å². The summed E-state index contributed by atoms with van der Waals surface area (Å²) in [7, 11) is 1.52. The Morgan fingerprint density at radius 3 is 2.51 bits per heavy atom. The fourth-order valence-corrected chi connectivity index (χ4v) is 4.92. The van der Waals surface area contributed by atoms with E-state index in [1.165, 1.54) is 25.3 Å². The summed E-state index contributed by atoms with van der Waals surface area (Å²) in [6.07, 6.45) is -3.72. The standard InChI is InChI=1S/C27H27F3N2O3/c1-15-22(25(34)32-19-11-6-5-10-18(19)27(28,29)30)23(16-8-7-9-17(12-16)35-4)24-20(31-15)13-26(2,3)14-21(24)33/h5-12,23,31H,13-14H2,1-4H3,(H,32,34)/t23-/m0/s1. The molecule has 8 heteroatoms. The van der Waals surface area contributed by atoms with Crippen molar-refractivity contribution in [2.45, 2.75) is 45.7 Å². The van der Waals surface area contributed by atoms with Crippen LogP contribution in [0.15, 0.2) is 71.1 Å². The second-order valence-corrected chi connectivity index (χ2v) is 9.70. The maximum atomic E-state index is 13.6. The van der Waals surface area contributed by atoms with E-state index in [1.807, 2.05) is 13.8 Å². The van der Waals surface area contributed by atoms with Gasteiger partial charge in [-0.25, -0.2) is 0 Å². The molecule has 1 atom stereocenters. The number of benzene rings is 2. The molecule has 0 fully saturated rings. The van der Waals surface area contributed by atoms with E-state index in [0.717, 1.165) is 11.8 Å². The van der Waals surface area contributed by atoms with Crippen LogP contribution in [0.3, 0.4) is 0 Å². The number of amides is 1. The topological polar surface area (TPSA) is 67.4 Å². The van der Waals surface area contributed by atoms with Crippen molar-refractivity contribution in [2.75, 3.05) is 12.4 Å². The number of hydrogen-bond donors (Lipinski definition) is 2. The number of allylic oxidation sites excluding steroid dienone is 3. The third-order valence-electron chi connectivity index (χ3n) is 6.39. The van der Waals surface area contributed by atoms with Gasteiger partial charge in [-0.15, -0.1) is 0 Å². The normalized spacial score (nSPS) is 19.7. The molecule has 35 heavy (non-hydrogen) atoms. The van der Waals surface area contributed by atoms with Gasteiger partial charge in [-0.3, -0.25) is 9.59 Å². The van der Waals surface area contributed by atoms with E-state index in [0.29, 0.717) is 35.4 Å². The highest BCUT2D eigenvalue weighted by molar-refractivity contribution is 6.10. The Hall–Kier alpha value is -3.55. The van der Waals surface area contributed by atoms with Gasteiger partial charge in [-0.05, 0) is 48.6 Å². The number of nitrogens with one attached hydrogen (secondary N) is 2. The predicted molar refractivity (Wildman–Crippen MR) is 127 cm³/mol. The third kappa shape index (κ3) is 4.83. The fraction of sp³-hybridized carbons (Fsp3) is 0.333. The Kier molecular flexibility index (Phi) is 6.25. The summed E-state index contributed by atoms with van der Waals surface area (Å²) in [6.45, 7) is 5.71. The van der Waals surface area contributed by atoms with Gasteiger partial charge in [0.15, 0.2) is 5.78 Å². The molecule has 0 aromatic heterocycles. The third-order valence-corrected chi connectivity index (χ3v) is 6.39. The number of carbonyl (C=O) groups is 2. The summed E-state index contributed by atoms with van der Waals surface area (Å²) >= 11 is 0. The van der Waals surface area contributed by atoms with Gasteiger partial charge in [0.1, 0.15) is 5.75 Å². The zero-order valence-corrected chi connectivity index (χ0v) is 20.0. The van der Waals surface area contributed by atoms with Crippen molar-refractivity contribution in [3.05, 3.63) is 82.2 Å². The zero-order valence-electron chi connectivity index (χ0n) is 20.0. The van der Waals surface area contributed by atoms with Gasteiger partial charge in [0.05, 0.1) is 18.4 Å². The number of ketones is 1. The number of ether oxygens (including phenoxy) is 1. The summed E-state index contributed by atoms with van der Waals surface area (Å²) in [4.78, 5) is 26.9. The van der Waals surface area contributed by atoms with E-state index < -0.39 is 23.6 Å². The molecule has 184 valence electrons. The first-order valence-corrected chi connectivity index (χ1v) is 11.3. The van der Waals surface area contributed by atoms with E-state index in [1.54, 1.807) is 31.2 Å². The molecule has 0 radical (unpaired) electrons. The van der Waals surface area contributed by atoms with Gasteiger partial charge < -0.3 is 15.4 Å². The number of para-hydroxylation sites is 1. The molecular weight excluding hydrogens is 457 g/mol. The number of alkyl halides is 3. The highest BCUT2D eigenvalue weighted by atomic mass is 19.4. The van der Waals surface area contributed by atoms with Crippen LogP contribution in [0, 0.1) is 5.41 Å². The van der Waals surface area contributed by atoms with Crippen molar-refractivity contribution in [1.82, 2.24) is 5.32 Å². The molecule has 1 aliphatic carbocycles. The average Bonchev–Trinajstić information content (AvgIpc) is 2.76. The molecule has 0 saturated heterocycles. The largest absolute Gasteiger partial charge is 0.497 e. The van der Waals surface area contributed by atoms with Gasteiger partial charge in [0.25, 0.3) is 5.91 Å². The lowest BCUT2D eigenvalue weighted by Gasteiger charge is -2.39. The van der Waals surface area contributed by atoms with Crippen LogP contribution >= 0.6 is 0 Å². The van der Waals surface area contributed by atoms with Crippen molar-refractivity contribution in [1.29, 1.82) is 0 Å². The van der Waals surface area contributed by atoms with Gasteiger partial charge in [-0.1, -0.05) is 38.1 Å². The van der Waals surface area contributed by atoms with Crippen LogP contribution in [-0.2, 0) is 15.8 Å². The lowest BCUT2D eigenvalue weighted by Crippen LogP contribution is -2.39. The minimum absolute atomic E-state index is 0.0925. The number of anilines is 1. The molecule has 2 aromatic carbocycles. The molecule has 0 bridgehead atoms. The van der Waals surface area contributed by atoms with Gasteiger partial charge in [-0.2, -0.15) is 13.2 Å². The molecule has 1 heterocycles. The predicted octanol–water partition coefficient (Wildman–Crippen LogP) is 5.96. The highest BCUT2D eigenvalue weighted by Crippen LogP contribution is 2.47. The lowest BCUT2D eigenvalue weighted by molar-refractivity contribution is -0.137. The number of hydrogen-bond acceptors (Lipinski definition) is 4. The molecule has 5 nitrogen and oxygen atoms in total. The van der Waals surface area contributed by atoms with E-state index in [2.05, 4.69) is 10.6 Å². The van der Waals surface area contributed by atoms with Crippen LogP contribution in [0.5, 0.6) is 5.75 Å². The van der Waals surface area contributed by atoms with Crippen molar-refractivity contribution in [3.63, 3.8) is 0 Å². The van der Waals surface area contributed by atoms with E-state index >= 15 is 0 Å². The smallest absolute Gasteiger partial charge is 0.418 e. The van der Waals surface area contributed by atoms with Crippen molar-refractivity contribution >= 4 is 17.4 Å². The molecular formula is C27H27F3N2O3. The number of Topliss-reactive ketones (excluding diaryl/α,β-unsaturated/α-hetero) is 1. The molecule has 2 N–H and O–H groups in total.